The third kappa shape index (κ3) is 5.66. The summed E-state index contributed by atoms with van der Waals surface area (Å²) in [6.45, 7) is 10.1. The van der Waals surface area contributed by atoms with Gasteiger partial charge in [-0.25, -0.2) is 4.79 Å². The lowest BCUT2D eigenvalue weighted by atomic mass is 9.77. The molecule has 0 aliphatic carbocycles. The fraction of sp³-hybridized carbons (Fsp3) is 0.333. The smallest absolute Gasteiger partial charge is 0.445 e. The van der Waals surface area contributed by atoms with Crippen molar-refractivity contribution in [3.05, 3.63) is 87.1 Å². The first kappa shape index (κ1) is 24.8. The number of benzene rings is 2. The average Bonchev–Trinajstić information content (AvgIpc) is 3.02. The summed E-state index contributed by atoms with van der Waals surface area (Å²) in [5, 5.41) is 3.39. The number of fused-ring (bicyclic) bond motifs is 1. The van der Waals surface area contributed by atoms with Crippen LogP contribution in [0.2, 0.25) is 0 Å². The second-order valence-electron chi connectivity index (χ2n) is 9.84. The number of amides is 1. The van der Waals surface area contributed by atoms with Gasteiger partial charge >= 0.3 is 13.2 Å². The highest BCUT2D eigenvalue weighted by Crippen LogP contribution is 2.38. The van der Waals surface area contributed by atoms with E-state index >= 15 is 0 Å². The molecule has 1 fully saturated rings. The lowest BCUT2D eigenvalue weighted by Crippen LogP contribution is -2.41. The summed E-state index contributed by atoms with van der Waals surface area (Å²) >= 11 is 0. The van der Waals surface area contributed by atoms with Crippen molar-refractivity contribution >= 4 is 30.2 Å². The number of H-pyrrole nitrogens is 1. The Labute approximate surface area is 205 Å². The van der Waals surface area contributed by atoms with Gasteiger partial charge in [0.2, 0.25) is 0 Å². The molecule has 0 saturated carbocycles. The molecule has 1 amide bonds. The summed E-state index contributed by atoms with van der Waals surface area (Å²) < 4.78 is 17.8. The van der Waals surface area contributed by atoms with Crippen molar-refractivity contribution in [3.8, 4) is 0 Å². The summed E-state index contributed by atoms with van der Waals surface area (Å²) in [6.07, 6.45) is 1.35. The van der Waals surface area contributed by atoms with E-state index in [4.69, 9.17) is 14.0 Å². The standard InChI is InChI=1S/C27H31BN2O5/c1-18-13-24(31)22-15-20(11-12-23(22)30-18)14-21(28-34-26(2,3)27(4,5)35-28)16-29-25(32)33-17-19-9-7-6-8-10-19/h6-15H,16-17H2,1-5H3,(H,29,32)(H,30,31). The summed E-state index contributed by atoms with van der Waals surface area (Å²) in [7, 11) is -0.665. The van der Waals surface area contributed by atoms with Gasteiger partial charge in [-0.3, -0.25) is 4.79 Å². The Morgan fingerprint density at radius 1 is 1.06 bits per heavy atom. The number of pyridine rings is 1. The van der Waals surface area contributed by atoms with E-state index in [9.17, 15) is 9.59 Å². The van der Waals surface area contributed by atoms with E-state index in [-0.39, 0.29) is 18.6 Å². The van der Waals surface area contributed by atoms with Gasteiger partial charge in [-0.2, -0.15) is 0 Å². The number of alkyl carbamates (subject to hydrolysis) is 1. The number of hydrogen-bond acceptors (Lipinski definition) is 5. The minimum atomic E-state index is -0.665. The van der Waals surface area contributed by atoms with E-state index < -0.39 is 24.4 Å². The zero-order chi connectivity index (χ0) is 25.2. The molecule has 35 heavy (non-hydrogen) atoms. The first-order valence-electron chi connectivity index (χ1n) is 11.7. The molecule has 1 aliphatic heterocycles. The molecule has 1 saturated heterocycles. The van der Waals surface area contributed by atoms with Crippen molar-refractivity contribution in [2.45, 2.75) is 52.4 Å². The summed E-state index contributed by atoms with van der Waals surface area (Å²) in [6, 6.07) is 16.7. The molecule has 4 rings (SSSR count). The van der Waals surface area contributed by atoms with Crippen molar-refractivity contribution < 1.29 is 18.8 Å². The van der Waals surface area contributed by atoms with Crippen molar-refractivity contribution in [1.29, 1.82) is 0 Å². The summed E-state index contributed by atoms with van der Waals surface area (Å²) in [5.74, 6) is 0. The van der Waals surface area contributed by atoms with E-state index in [2.05, 4.69) is 10.3 Å². The minimum Gasteiger partial charge on any atom is -0.445 e. The molecule has 182 valence electrons. The van der Waals surface area contributed by atoms with Crippen LogP contribution in [0.4, 0.5) is 4.79 Å². The topological polar surface area (TPSA) is 89.7 Å². The molecule has 0 radical (unpaired) electrons. The zero-order valence-corrected chi connectivity index (χ0v) is 20.8. The van der Waals surface area contributed by atoms with Gasteiger partial charge in [0.1, 0.15) is 6.61 Å². The lowest BCUT2D eigenvalue weighted by Gasteiger charge is -2.32. The molecule has 8 heteroatoms. The highest BCUT2D eigenvalue weighted by molar-refractivity contribution is 6.56. The number of aromatic nitrogens is 1. The molecule has 0 spiro atoms. The van der Waals surface area contributed by atoms with Crippen LogP contribution < -0.4 is 10.7 Å². The van der Waals surface area contributed by atoms with Crippen LogP contribution in [0.1, 0.15) is 44.5 Å². The largest absolute Gasteiger partial charge is 0.492 e. The number of aromatic amines is 1. The molecule has 2 heterocycles. The van der Waals surface area contributed by atoms with Gasteiger partial charge in [0.05, 0.1) is 11.2 Å². The van der Waals surface area contributed by atoms with Gasteiger partial charge in [0, 0.05) is 29.2 Å². The quantitative estimate of drug-likeness (QED) is 0.502. The van der Waals surface area contributed by atoms with Gasteiger partial charge in [-0.05, 0) is 63.4 Å². The summed E-state index contributed by atoms with van der Waals surface area (Å²) in [4.78, 5) is 28.1. The highest BCUT2D eigenvalue weighted by atomic mass is 16.7. The number of rotatable bonds is 6. The predicted octanol–water partition coefficient (Wildman–Crippen LogP) is 4.78. The van der Waals surface area contributed by atoms with Gasteiger partial charge in [-0.1, -0.05) is 42.5 Å². The van der Waals surface area contributed by atoms with Crippen molar-refractivity contribution in [2.24, 2.45) is 0 Å². The number of hydrogen-bond donors (Lipinski definition) is 2. The maximum Gasteiger partial charge on any atom is 0.492 e. The van der Waals surface area contributed by atoms with Crippen LogP contribution >= 0.6 is 0 Å². The maximum atomic E-state index is 12.5. The van der Waals surface area contributed by atoms with Crippen LogP contribution in [0, 0.1) is 6.92 Å². The molecule has 0 atom stereocenters. The van der Waals surface area contributed by atoms with Crippen molar-refractivity contribution in [2.75, 3.05) is 6.54 Å². The Kier molecular flexibility index (Phi) is 6.87. The SMILES string of the molecule is Cc1cc(=O)c2cc(C=C(CNC(=O)OCc3ccccc3)B3OC(C)(C)C(C)(C)O3)ccc2[nH]1. The first-order chi connectivity index (χ1) is 16.5. The molecule has 1 aromatic heterocycles. The number of nitrogens with one attached hydrogen (secondary N) is 2. The monoisotopic (exact) mass is 474 g/mol. The van der Waals surface area contributed by atoms with Crippen LogP contribution in [-0.4, -0.2) is 35.9 Å². The third-order valence-electron chi connectivity index (χ3n) is 6.55. The predicted molar refractivity (Wildman–Crippen MR) is 138 cm³/mol. The van der Waals surface area contributed by atoms with E-state index in [1.807, 2.05) is 89.2 Å². The van der Waals surface area contributed by atoms with Crippen LogP contribution in [0.15, 0.2) is 64.9 Å². The minimum absolute atomic E-state index is 0.0497. The average molecular weight is 474 g/mol. The van der Waals surface area contributed by atoms with E-state index in [0.717, 1.165) is 22.3 Å². The molecule has 2 aromatic carbocycles. The number of carbonyl (C=O) groups excluding carboxylic acids is 1. The molecular weight excluding hydrogens is 443 g/mol. The number of aryl methyl sites for hydroxylation is 1. The van der Waals surface area contributed by atoms with Gasteiger partial charge in [0.25, 0.3) is 0 Å². The molecule has 1 aliphatic rings. The Morgan fingerprint density at radius 3 is 2.43 bits per heavy atom. The van der Waals surface area contributed by atoms with Crippen LogP contribution in [0.3, 0.4) is 0 Å². The normalized spacial score (nSPS) is 16.9. The molecule has 0 bridgehead atoms. The van der Waals surface area contributed by atoms with E-state index in [1.54, 1.807) is 6.07 Å². The Hall–Kier alpha value is -3.36. The van der Waals surface area contributed by atoms with Gasteiger partial charge in [0.15, 0.2) is 5.43 Å². The summed E-state index contributed by atoms with van der Waals surface area (Å²) in [5.41, 5.74) is 2.87. The molecule has 2 N–H and O–H groups in total. The van der Waals surface area contributed by atoms with Crippen LogP contribution in [0.5, 0.6) is 0 Å². The van der Waals surface area contributed by atoms with Crippen LogP contribution in [0.25, 0.3) is 17.0 Å². The second kappa shape index (κ2) is 9.72. The first-order valence-corrected chi connectivity index (χ1v) is 11.7. The number of ether oxygens (including phenoxy) is 1. The highest BCUT2D eigenvalue weighted by Gasteiger charge is 2.52. The Balaban J connectivity index is 1.57. The fourth-order valence-electron chi connectivity index (χ4n) is 3.85. The van der Waals surface area contributed by atoms with E-state index in [0.29, 0.717) is 10.9 Å². The molecular formula is C27H31BN2O5. The van der Waals surface area contributed by atoms with E-state index in [1.165, 1.54) is 0 Å². The van der Waals surface area contributed by atoms with Crippen LogP contribution in [-0.2, 0) is 20.7 Å². The van der Waals surface area contributed by atoms with Crippen molar-refractivity contribution in [3.63, 3.8) is 0 Å². The lowest BCUT2D eigenvalue weighted by molar-refractivity contribution is 0.00578. The van der Waals surface area contributed by atoms with Crippen molar-refractivity contribution in [1.82, 2.24) is 10.3 Å². The third-order valence-corrected chi connectivity index (χ3v) is 6.55. The molecule has 3 aromatic rings. The molecule has 7 nitrogen and oxygen atoms in total. The number of carbonyl (C=O) groups is 1. The van der Waals surface area contributed by atoms with Gasteiger partial charge in [-0.15, -0.1) is 0 Å². The van der Waals surface area contributed by atoms with Gasteiger partial charge < -0.3 is 24.3 Å². The second-order valence-corrected chi connectivity index (χ2v) is 9.84. The Bertz CT molecular complexity index is 1300. The Morgan fingerprint density at radius 2 is 1.74 bits per heavy atom. The molecule has 0 unspecified atom stereocenters. The maximum absolute atomic E-state index is 12.5. The fourth-order valence-corrected chi connectivity index (χ4v) is 3.85. The zero-order valence-electron chi connectivity index (χ0n) is 20.8.